The Morgan fingerprint density at radius 1 is 1.16 bits per heavy atom. The number of aromatic amines is 1. The van der Waals surface area contributed by atoms with Crippen LogP contribution in [-0.2, 0) is 0 Å². The molecule has 3 rings (SSSR count). The van der Waals surface area contributed by atoms with Crippen LogP contribution in [0.4, 0.5) is 5.82 Å². The summed E-state index contributed by atoms with van der Waals surface area (Å²) < 4.78 is 0. The normalized spacial score (nSPS) is 10.6. The molecular weight excluding hydrogens is 240 g/mol. The highest BCUT2D eigenvalue weighted by Crippen LogP contribution is 2.18. The Labute approximate surface area is 109 Å². The first-order valence-corrected chi connectivity index (χ1v) is 5.89. The minimum Gasteiger partial charge on any atom is -0.294 e. The van der Waals surface area contributed by atoms with Crippen molar-refractivity contribution < 1.29 is 4.79 Å². The van der Waals surface area contributed by atoms with Gasteiger partial charge in [-0.3, -0.25) is 14.8 Å². The molecule has 0 saturated heterocycles. The molecule has 0 aliphatic heterocycles. The summed E-state index contributed by atoms with van der Waals surface area (Å²) in [5.41, 5.74) is 1.25. The molecule has 2 heterocycles. The summed E-state index contributed by atoms with van der Waals surface area (Å²) in [5, 5.41) is 7.77. The topological polar surface area (TPSA) is 61.9 Å². The Balaban J connectivity index is 2.00. The summed E-state index contributed by atoms with van der Waals surface area (Å²) in [6.07, 6.45) is 1.65. The molecule has 0 atom stereocenters. The predicted molar refractivity (Wildman–Crippen MR) is 73.1 cm³/mol. The Hall–Kier alpha value is -2.69. The molecule has 1 amide bonds. The van der Waals surface area contributed by atoms with Crippen molar-refractivity contribution >= 4 is 22.6 Å². The quantitative estimate of drug-likeness (QED) is 0.760. The molecule has 0 aliphatic carbocycles. The van der Waals surface area contributed by atoms with E-state index < -0.39 is 0 Å². The number of carbonyl (C=O) groups is 1. The van der Waals surface area contributed by atoms with Gasteiger partial charge < -0.3 is 0 Å². The van der Waals surface area contributed by atoms with Crippen LogP contribution in [0.2, 0.25) is 0 Å². The molecule has 0 unspecified atom stereocenters. The molecule has 19 heavy (non-hydrogen) atoms. The minimum atomic E-state index is -0.184. The van der Waals surface area contributed by atoms with Crippen LogP contribution >= 0.6 is 0 Å². The lowest BCUT2D eigenvalue weighted by Gasteiger charge is -2.14. The Bertz CT molecular complexity index is 720. The van der Waals surface area contributed by atoms with Crippen LogP contribution in [0, 0.1) is 0 Å². The number of fused-ring (bicyclic) bond motifs is 1. The molecule has 3 aromatic rings. The van der Waals surface area contributed by atoms with Gasteiger partial charge in [-0.2, -0.15) is 5.10 Å². The third kappa shape index (κ3) is 1.95. The molecule has 0 radical (unpaired) electrons. The van der Waals surface area contributed by atoms with Gasteiger partial charge in [-0.05, 0) is 18.2 Å². The number of hydrogen-bond acceptors (Lipinski definition) is 3. The van der Waals surface area contributed by atoms with E-state index >= 15 is 0 Å². The maximum atomic E-state index is 12.4. The molecule has 94 valence electrons. The molecule has 0 aliphatic rings. The zero-order chi connectivity index (χ0) is 13.2. The first-order valence-electron chi connectivity index (χ1n) is 5.89. The van der Waals surface area contributed by atoms with Crippen LogP contribution in [0.25, 0.3) is 10.9 Å². The van der Waals surface area contributed by atoms with E-state index in [1.54, 1.807) is 19.3 Å². The van der Waals surface area contributed by atoms with Crippen LogP contribution in [0.15, 0.2) is 48.7 Å². The van der Waals surface area contributed by atoms with Crippen molar-refractivity contribution in [1.82, 2.24) is 15.2 Å². The summed E-state index contributed by atoms with van der Waals surface area (Å²) in [7, 11) is 1.69. The highest BCUT2D eigenvalue weighted by Gasteiger charge is 2.19. The van der Waals surface area contributed by atoms with Gasteiger partial charge in [-0.1, -0.05) is 24.3 Å². The van der Waals surface area contributed by atoms with Crippen molar-refractivity contribution in [2.24, 2.45) is 0 Å². The van der Waals surface area contributed by atoms with Gasteiger partial charge in [0, 0.05) is 18.6 Å². The lowest BCUT2D eigenvalue weighted by Crippen LogP contribution is -2.27. The largest absolute Gasteiger partial charge is 0.294 e. The molecule has 0 bridgehead atoms. The van der Waals surface area contributed by atoms with Gasteiger partial charge in [0.25, 0.3) is 5.91 Å². The second-order valence-corrected chi connectivity index (χ2v) is 4.17. The number of hydrogen-bond donors (Lipinski definition) is 1. The van der Waals surface area contributed by atoms with Gasteiger partial charge in [0.15, 0.2) is 5.69 Å². The Morgan fingerprint density at radius 2 is 1.95 bits per heavy atom. The van der Waals surface area contributed by atoms with E-state index in [-0.39, 0.29) is 5.91 Å². The van der Waals surface area contributed by atoms with Gasteiger partial charge >= 0.3 is 0 Å². The van der Waals surface area contributed by atoms with Crippen molar-refractivity contribution in [1.29, 1.82) is 0 Å². The van der Waals surface area contributed by atoms with E-state index in [2.05, 4.69) is 15.2 Å². The average Bonchev–Trinajstić information content (AvgIpc) is 2.90. The van der Waals surface area contributed by atoms with E-state index in [1.165, 1.54) is 4.90 Å². The molecule has 5 nitrogen and oxygen atoms in total. The van der Waals surface area contributed by atoms with Crippen LogP contribution in [-0.4, -0.2) is 28.1 Å². The number of amides is 1. The van der Waals surface area contributed by atoms with Crippen LogP contribution in [0.5, 0.6) is 0 Å². The van der Waals surface area contributed by atoms with Gasteiger partial charge in [0.05, 0.1) is 5.52 Å². The second-order valence-electron chi connectivity index (χ2n) is 4.17. The number of benzene rings is 1. The van der Waals surface area contributed by atoms with E-state index in [0.29, 0.717) is 11.5 Å². The fraction of sp³-hybridized carbons (Fsp3) is 0.0714. The van der Waals surface area contributed by atoms with Crippen LogP contribution in [0.1, 0.15) is 10.5 Å². The van der Waals surface area contributed by atoms with Gasteiger partial charge in [0.2, 0.25) is 0 Å². The third-order valence-corrected chi connectivity index (χ3v) is 2.97. The zero-order valence-electron chi connectivity index (χ0n) is 10.4. The van der Waals surface area contributed by atoms with Crippen molar-refractivity contribution in [2.45, 2.75) is 0 Å². The van der Waals surface area contributed by atoms with E-state index in [4.69, 9.17) is 0 Å². The Morgan fingerprint density at radius 3 is 2.74 bits per heavy atom. The second kappa shape index (κ2) is 4.53. The number of carbonyl (C=O) groups excluding carboxylic acids is 1. The van der Waals surface area contributed by atoms with E-state index in [0.717, 1.165) is 10.9 Å². The highest BCUT2D eigenvalue weighted by molar-refractivity contribution is 6.11. The molecule has 0 saturated carbocycles. The summed E-state index contributed by atoms with van der Waals surface area (Å²) in [6.45, 7) is 0. The number of aromatic nitrogens is 3. The van der Waals surface area contributed by atoms with Crippen molar-refractivity contribution in [3.8, 4) is 0 Å². The number of anilines is 1. The first kappa shape index (κ1) is 11.4. The average molecular weight is 252 g/mol. The molecule has 1 aromatic carbocycles. The highest BCUT2D eigenvalue weighted by atomic mass is 16.2. The Kier molecular flexibility index (Phi) is 2.72. The number of rotatable bonds is 2. The lowest BCUT2D eigenvalue weighted by molar-refractivity contribution is 0.0989. The summed E-state index contributed by atoms with van der Waals surface area (Å²) in [4.78, 5) is 18.1. The summed E-state index contributed by atoms with van der Waals surface area (Å²) in [5.74, 6) is 0.413. The third-order valence-electron chi connectivity index (χ3n) is 2.97. The number of nitrogens with one attached hydrogen (secondary N) is 1. The molecule has 0 spiro atoms. The van der Waals surface area contributed by atoms with Crippen molar-refractivity contribution in [3.05, 3.63) is 54.4 Å². The fourth-order valence-corrected chi connectivity index (χ4v) is 1.94. The zero-order valence-corrected chi connectivity index (χ0v) is 10.4. The molecule has 5 heteroatoms. The minimum absolute atomic E-state index is 0.184. The van der Waals surface area contributed by atoms with Crippen LogP contribution < -0.4 is 4.90 Å². The fourth-order valence-electron chi connectivity index (χ4n) is 1.94. The lowest BCUT2D eigenvalue weighted by atomic mass is 10.2. The SMILES string of the molecule is CN(C(=O)c1n[nH]c2ccccc12)c1ccccn1. The summed E-state index contributed by atoms with van der Waals surface area (Å²) in [6, 6.07) is 13.0. The molecule has 1 N–H and O–H groups in total. The van der Waals surface area contributed by atoms with Gasteiger partial charge in [-0.25, -0.2) is 4.98 Å². The first-order chi connectivity index (χ1) is 9.27. The molecular formula is C14H12N4O. The van der Waals surface area contributed by atoms with Gasteiger partial charge in [0.1, 0.15) is 5.82 Å². The molecule has 2 aromatic heterocycles. The number of para-hydroxylation sites is 1. The van der Waals surface area contributed by atoms with Crippen LogP contribution in [0.3, 0.4) is 0 Å². The van der Waals surface area contributed by atoms with E-state index in [1.807, 2.05) is 36.4 Å². The monoisotopic (exact) mass is 252 g/mol. The predicted octanol–water partition coefficient (Wildman–Crippen LogP) is 2.23. The number of pyridine rings is 1. The maximum Gasteiger partial charge on any atom is 0.280 e. The van der Waals surface area contributed by atoms with Gasteiger partial charge in [-0.15, -0.1) is 0 Å². The maximum absolute atomic E-state index is 12.4. The van der Waals surface area contributed by atoms with Crippen molar-refractivity contribution in [3.63, 3.8) is 0 Å². The summed E-state index contributed by atoms with van der Waals surface area (Å²) >= 11 is 0. The van der Waals surface area contributed by atoms with Crippen molar-refractivity contribution in [2.75, 3.05) is 11.9 Å². The number of H-pyrrole nitrogens is 1. The standard InChI is InChI=1S/C14H12N4O/c1-18(12-8-4-5-9-15-12)14(19)13-10-6-2-3-7-11(10)16-17-13/h2-9H,1H3,(H,16,17). The smallest absolute Gasteiger partial charge is 0.280 e. The number of nitrogens with zero attached hydrogens (tertiary/aromatic N) is 3. The molecule has 0 fully saturated rings. The van der Waals surface area contributed by atoms with E-state index in [9.17, 15) is 4.79 Å².